The van der Waals surface area contributed by atoms with E-state index in [-0.39, 0.29) is 13.1 Å². The number of halogens is 3. The maximum absolute atomic E-state index is 12.8. The monoisotopic (exact) mass is 298 g/mol. The first-order chi connectivity index (χ1) is 8.90. The molecule has 9 heteroatoms. The molecule has 2 amide bonds. The SMILES string of the molecule is CC(C)(C)OC(=O)N[C@@H](C(=O)N1CC(O)C1)C(F)(F)F. The molecule has 2 N–H and O–H groups in total. The van der Waals surface area contributed by atoms with Crippen LogP contribution in [0.5, 0.6) is 0 Å². The highest BCUT2D eigenvalue weighted by Crippen LogP contribution is 2.24. The number of hydrogen-bond donors (Lipinski definition) is 2. The van der Waals surface area contributed by atoms with Gasteiger partial charge in [-0.2, -0.15) is 13.2 Å². The minimum absolute atomic E-state index is 0.179. The van der Waals surface area contributed by atoms with Crippen molar-refractivity contribution in [3.05, 3.63) is 0 Å². The molecule has 0 saturated carbocycles. The van der Waals surface area contributed by atoms with Gasteiger partial charge in [-0.05, 0) is 20.8 Å². The number of carbonyl (C=O) groups is 2. The number of aliphatic hydroxyl groups excluding tert-OH is 1. The van der Waals surface area contributed by atoms with E-state index in [1.807, 2.05) is 0 Å². The van der Waals surface area contributed by atoms with Gasteiger partial charge in [-0.15, -0.1) is 0 Å². The van der Waals surface area contributed by atoms with Crippen LogP contribution in [0.4, 0.5) is 18.0 Å². The van der Waals surface area contributed by atoms with Crippen LogP contribution < -0.4 is 5.32 Å². The molecule has 1 rings (SSSR count). The first-order valence-electron chi connectivity index (χ1n) is 5.93. The van der Waals surface area contributed by atoms with E-state index in [0.717, 1.165) is 4.90 Å². The minimum atomic E-state index is -4.94. The van der Waals surface area contributed by atoms with Gasteiger partial charge in [0.25, 0.3) is 5.91 Å². The number of amides is 2. The van der Waals surface area contributed by atoms with E-state index < -0.39 is 35.9 Å². The second kappa shape index (κ2) is 5.47. The van der Waals surface area contributed by atoms with Gasteiger partial charge in [-0.3, -0.25) is 4.79 Å². The van der Waals surface area contributed by atoms with Gasteiger partial charge in [0, 0.05) is 13.1 Å². The number of nitrogens with zero attached hydrogens (tertiary/aromatic N) is 1. The van der Waals surface area contributed by atoms with Crippen LogP contribution in [0.15, 0.2) is 0 Å². The molecular formula is C11H17F3N2O4. The van der Waals surface area contributed by atoms with Gasteiger partial charge in [0.2, 0.25) is 6.04 Å². The third-order valence-electron chi connectivity index (χ3n) is 2.41. The maximum Gasteiger partial charge on any atom is 0.417 e. The highest BCUT2D eigenvalue weighted by Gasteiger charge is 2.50. The Balaban J connectivity index is 2.71. The standard InChI is InChI=1S/C11H17F3N2O4/c1-10(2,3)20-9(19)15-7(11(12,13)14)8(18)16-4-6(17)5-16/h6-7,17H,4-5H2,1-3H3,(H,15,19)/t7-/m0/s1. The summed E-state index contributed by atoms with van der Waals surface area (Å²) in [6, 6.07) is -2.68. The van der Waals surface area contributed by atoms with Gasteiger partial charge in [-0.1, -0.05) is 0 Å². The Hall–Kier alpha value is -1.51. The van der Waals surface area contributed by atoms with Crippen LogP contribution in [-0.2, 0) is 9.53 Å². The smallest absolute Gasteiger partial charge is 0.417 e. The van der Waals surface area contributed by atoms with Crippen LogP contribution in [0.2, 0.25) is 0 Å². The van der Waals surface area contributed by atoms with E-state index in [1.165, 1.54) is 26.1 Å². The Labute approximate surface area is 113 Å². The molecule has 0 aromatic heterocycles. The Bertz CT molecular complexity index is 386. The van der Waals surface area contributed by atoms with E-state index in [2.05, 4.69) is 0 Å². The van der Waals surface area contributed by atoms with Crippen molar-refractivity contribution in [1.29, 1.82) is 0 Å². The summed E-state index contributed by atoms with van der Waals surface area (Å²) in [6.45, 7) is 4.11. The molecule has 20 heavy (non-hydrogen) atoms. The number of hydrogen-bond acceptors (Lipinski definition) is 4. The summed E-state index contributed by atoms with van der Waals surface area (Å²) >= 11 is 0. The molecule has 1 aliphatic heterocycles. The molecule has 116 valence electrons. The summed E-state index contributed by atoms with van der Waals surface area (Å²) < 4.78 is 43.1. The fourth-order valence-electron chi connectivity index (χ4n) is 1.53. The zero-order chi connectivity index (χ0) is 15.7. The Morgan fingerprint density at radius 3 is 2.15 bits per heavy atom. The van der Waals surface area contributed by atoms with Crippen molar-refractivity contribution in [2.45, 2.75) is 44.7 Å². The molecule has 1 saturated heterocycles. The molecule has 0 spiro atoms. The molecule has 0 aromatic carbocycles. The largest absolute Gasteiger partial charge is 0.444 e. The average Bonchev–Trinajstić information content (AvgIpc) is 2.16. The van der Waals surface area contributed by atoms with Gasteiger partial charge in [0.1, 0.15) is 5.60 Å². The average molecular weight is 298 g/mol. The highest BCUT2D eigenvalue weighted by molar-refractivity contribution is 5.87. The third-order valence-corrected chi connectivity index (χ3v) is 2.41. The van der Waals surface area contributed by atoms with Crippen molar-refractivity contribution in [2.75, 3.05) is 13.1 Å². The normalized spacial score (nSPS) is 18.2. The summed E-state index contributed by atoms with van der Waals surface area (Å²) in [7, 11) is 0. The maximum atomic E-state index is 12.8. The number of rotatable bonds is 2. The summed E-state index contributed by atoms with van der Waals surface area (Å²) in [5.41, 5.74) is -0.976. The van der Waals surface area contributed by atoms with Crippen molar-refractivity contribution in [2.24, 2.45) is 0 Å². The van der Waals surface area contributed by atoms with Crippen molar-refractivity contribution < 1.29 is 32.6 Å². The van der Waals surface area contributed by atoms with E-state index in [0.29, 0.717) is 0 Å². The summed E-state index contributed by atoms with van der Waals surface area (Å²) in [5, 5.41) is 10.5. The van der Waals surface area contributed by atoms with Crippen LogP contribution >= 0.6 is 0 Å². The van der Waals surface area contributed by atoms with E-state index >= 15 is 0 Å². The quantitative estimate of drug-likeness (QED) is 0.784. The first kappa shape index (κ1) is 16.5. The molecule has 0 aromatic rings. The lowest BCUT2D eigenvalue weighted by molar-refractivity contribution is -0.180. The van der Waals surface area contributed by atoms with Crippen molar-refractivity contribution in [3.8, 4) is 0 Å². The third kappa shape index (κ3) is 4.55. The fourth-order valence-corrected chi connectivity index (χ4v) is 1.53. The molecule has 1 fully saturated rings. The lowest BCUT2D eigenvalue weighted by atomic mass is 10.1. The van der Waals surface area contributed by atoms with Gasteiger partial charge in [0.05, 0.1) is 6.10 Å². The topological polar surface area (TPSA) is 78.9 Å². The summed E-state index contributed by atoms with van der Waals surface area (Å²) in [4.78, 5) is 23.8. The molecule has 0 aliphatic carbocycles. The van der Waals surface area contributed by atoms with Gasteiger partial charge in [0.15, 0.2) is 0 Å². The molecule has 0 bridgehead atoms. The molecule has 6 nitrogen and oxygen atoms in total. The number of alkyl carbamates (subject to hydrolysis) is 1. The number of nitrogens with one attached hydrogen (secondary N) is 1. The van der Waals surface area contributed by atoms with Crippen LogP contribution in [0.1, 0.15) is 20.8 Å². The van der Waals surface area contributed by atoms with Crippen LogP contribution in [0.25, 0.3) is 0 Å². The number of likely N-dealkylation sites (tertiary alicyclic amines) is 1. The van der Waals surface area contributed by atoms with Crippen LogP contribution in [0, 0.1) is 0 Å². The second-order valence-corrected chi connectivity index (χ2v) is 5.52. The first-order valence-corrected chi connectivity index (χ1v) is 5.93. The van der Waals surface area contributed by atoms with E-state index in [1.54, 1.807) is 0 Å². The van der Waals surface area contributed by atoms with Crippen molar-refractivity contribution in [3.63, 3.8) is 0 Å². The molecule has 0 unspecified atom stereocenters. The Kier molecular flexibility index (Phi) is 4.52. The van der Waals surface area contributed by atoms with Gasteiger partial charge >= 0.3 is 12.3 Å². The number of aliphatic hydroxyl groups is 1. The predicted molar refractivity (Wildman–Crippen MR) is 61.8 cm³/mol. The highest BCUT2D eigenvalue weighted by atomic mass is 19.4. The van der Waals surface area contributed by atoms with Crippen LogP contribution in [0.3, 0.4) is 0 Å². The van der Waals surface area contributed by atoms with E-state index in [4.69, 9.17) is 9.84 Å². The van der Waals surface area contributed by atoms with Gasteiger partial charge in [-0.25, -0.2) is 4.79 Å². The van der Waals surface area contributed by atoms with Crippen molar-refractivity contribution in [1.82, 2.24) is 10.2 Å². The molecule has 1 heterocycles. The molecule has 1 atom stereocenters. The second-order valence-electron chi connectivity index (χ2n) is 5.52. The Morgan fingerprint density at radius 2 is 1.80 bits per heavy atom. The minimum Gasteiger partial charge on any atom is -0.444 e. The van der Waals surface area contributed by atoms with E-state index in [9.17, 15) is 22.8 Å². The Morgan fingerprint density at radius 1 is 1.30 bits per heavy atom. The van der Waals surface area contributed by atoms with Crippen LogP contribution in [-0.4, -0.2) is 59.0 Å². The lowest BCUT2D eigenvalue weighted by Gasteiger charge is -2.38. The number of carbonyl (C=O) groups excluding carboxylic acids is 2. The summed E-state index contributed by atoms with van der Waals surface area (Å²) in [5.74, 6) is -1.31. The zero-order valence-corrected chi connectivity index (χ0v) is 11.3. The molecule has 0 radical (unpaired) electrons. The molecule has 1 aliphatic rings. The number of alkyl halides is 3. The fraction of sp³-hybridized carbons (Fsp3) is 0.818. The number of ether oxygens (including phenoxy) is 1. The lowest BCUT2D eigenvalue weighted by Crippen LogP contribution is -2.63. The number of β-amino-alcohol motifs (C(OH)–C–C–N with tert-alkyl or cyclic N) is 1. The predicted octanol–water partition coefficient (Wildman–Crippen LogP) is 0.645. The van der Waals surface area contributed by atoms with Gasteiger partial charge < -0.3 is 20.1 Å². The zero-order valence-electron chi connectivity index (χ0n) is 11.3. The summed E-state index contributed by atoms with van der Waals surface area (Å²) in [6.07, 6.45) is -7.09. The van der Waals surface area contributed by atoms with Crippen molar-refractivity contribution >= 4 is 12.0 Å². The molecular weight excluding hydrogens is 281 g/mol.